The monoisotopic (exact) mass is 386 g/mol. The third-order valence-corrected chi connectivity index (χ3v) is 4.47. The minimum atomic E-state index is -2.65. The van der Waals surface area contributed by atoms with Crippen molar-refractivity contribution in [1.29, 1.82) is 0 Å². The van der Waals surface area contributed by atoms with Crippen LogP contribution in [0.25, 0.3) is 11.3 Å². The molecule has 4 rings (SSSR count). The van der Waals surface area contributed by atoms with E-state index in [0.29, 0.717) is 40.7 Å². The molecule has 1 fully saturated rings. The normalized spacial score (nSPS) is 20.0. The van der Waals surface area contributed by atoms with E-state index >= 15 is 0 Å². The fraction of sp³-hybridized carbons (Fsp3) is 0.316. The van der Waals surface area contributed by atoms with Gasteiger partial charge in [-0.2, -0.15) is 9.61 Å². The van der Waals surface area contributed by atoms with Gasteiger partial charge in [-0.3, -0.25) is 0 Å². The number of ether oxygens (including phenoxy) is 1. The lowest BCUT2D eigenvalue weighted by molar-refractivity contribution is 0.400. The molecule has 3 aromatic rings. The van der Waals surface area contributed by atoms with E-state index in [2.05, 4.69) is 37.6 Å². The summed E-state index contributed by atoms with van der Waals surface area (Å²) in [5, 5.41) is 13.5. The fourth-order valence-electron chi connectivity index (χ4n) is 2.90. The zero-order valence-electron chi connectivity index (χ0n) is 18.5. The van der Waals surface area contributed by atoms with Crippen LogP contribution < -0.4 is 20.7 Å². The van der Waals surface area contributed by atoms with Crippen molar-refractivity contribution < 1.29 is 13.2 Å². The Kier molecular flexibility index (Phi) is 3.66. The summed E-state index contributed by atoms with van der Waals surface area (Å²) in [4.78, 5) is 8.69. The number of aromatic nitrogens is 4. The molecule has 3 heterocycles. The van der Waals surface area contributed by atoms with Crippen LogP contribution in [0.4, 0.5) is 21.7 Å². The highest BCUT2D eigenvalue weighted by Crippen LogP contribution is 2.30. The van der Waals surface area contributed by atoms with Crippen molar-refractivity contribution in [2.24, 2.45) is 0 Å². The maximum Gasteiger partial charge on any atom is 0.237 e. The van der Waals surface area contributed by atoms with Crippen LogP contribution in [0.1, 0.15) is 21.7 Å². The summed E-state index contributed by atoms with van der Waals surface area (Å²) in [5.41, 5.74) is 2.80. The molecule has 1 aliphatic rings. The maximum absolute atomic E-state index is 13.3. The molecule has 0 saturated heterocycles. The molecule has 0 unspecified atom stereocenters. The van der Waals surface area contributed by atoms with Crippen molar-refractivity contribution in [3.05, 3.63) is 42.2 Å². The Morgan fingerprint density at radius 2 is 2.25 bits per heavy atom. The molecule has 3 aromatic heterocycles. The molecular formula is C19H22FN7O. The van der Waals surface area contributed by atoms with Crippen LogP contribution in [-0.4, -0.2) is 45.9 Å². The van der Waals surface area contributed by atoms with Crippen LogP contribution in [0.15, 0.2) is 31.1 Å². The van der Waals surface area contributed by atoms with E-state index in [1.165, 1.54) is 6.20 Å². The Morgan fingerprint density at radius 3 is 2.96 bits per heavy atom. The van der Waals surface area contributed by atoms with Gasteiger partial charge in [-0.25, -0.2) is 14.4 Å². The second-order valence-electron chi connectivity index (χ2n) is 6.64. The number of fused-ring (bicyclic) bond motifs is 1. The molecule has 1 saturated carbocycles. The van der Waals surface area contributed by atoms with Crippen LogP contribution in [0.5, 0.6) is 5.88 Å². The number of hydrogen-bond donors (Lipinski definition) is 3. The highest BCUT2D eigenvalue weighted by molar-refractivity contribution is 5.77. The van der Waals surface area contributed by atoms with Gasteiger partial charge < -0.3 is 20.7 Å². The Labute approximate surface area is 166 Å². The molecule has 1 aliphatic carbocycles. The summed E-state index contributed by atoms with van der Waals surface area (Å²) in [5.74, 6) is 0.963. The first-order chi connectivity index (χ1) is 14.6. The van der Waals surface area contributed by atoms with Crippen molar-refractivity contribution in [2.45, 2.75) is 25.6 Å². The van der Waals surface area contributed by atoms with Crippen molar-refractivity contribution in [3.63, 3.8) is 0 Å². The molecule has 0 aromatic carbocycles. The predicted octanol–water partition coefficient (Wildman–Crippen LogP) is 2.90. The quantitative estimate of drug-likeness (QED) is 0.575. The van der Waals surface area contributed by atoms with Crippen molar-refractivity contribution in [2.75, 3.05) is 24.7 Å². The number of rotatable bonds is 7. The standard InChI is InChI=1S/C19H22FN7O/c1-10-5-15(19(28-4)22-8-10)25-16-7-17(21-3)27-18(26-16)12(9-23-27)11(2)24-14-6-13(14)20/h5,7-9,13-14,21,24H,2,6H2,1,3-4H3,(H,25,26)/t13-,14+/m1/s1/i4D3. The van der Waals surface area contributed by atoms with Crippen LogP contribution >= 0.6 is 0 Å². The van der Waals surface area contributed by atoms with Gasteiger partial charge in [0, 0.05) is 31.4 Å². The molecule has 0 radical (unpaired) electrons. The number of methoxy groups -OCH3 is 1. The largest absolute Gasteiger partial charge is 0.480 e. The molecule has 28 heavy (non-hydrogen) atoms. The summed E-state index contributed by atoms with van der Waals surface area (Å²) in [6, 6.07) is 3.18. The van der Waals surface area contributed by atoms with Crippen LogP contribution in [-0.2, 0) is 0 Å². The Bertz CT molecular complexity index is 1150. The number of halogens is 1. The number of nitrogens with one attached hydrogen (secondary N) is 3. The first kappa shape index (κ1) is 14.7. The van der Waals surface area contributed by atoms with Gasteiger partial charge in [0.2, 0.25) is 5.88 Å². The second-order valence-corrected chi connectivity index (χ2v) is 6.64. The summed E-state index contributed by atoms with van der Waals surface area (Å²) in [7, 11) is -0.909. The Morgan fingerprint density at radius 1 is 1.43 bits per heavy atom. The lowest BCUT2D eigenvalue weighted by Gasteiger charge is -2.13. The number of aryl methyl sites for hydroxylation is 1. The lowest BCUT2D eigenvalue weighted by atomic mass is 10.2. The van der Waals surface area contributed by atoms with Gasteiger partial charge in [-0.1, -0.05) is 6.58 Å². The number of hydrogen-bond acceptors (Lipinski definition) is 7. The van der Waals surface area contributed by atoms with Gasteiger partial charge in [0.05, 0.1) is 29.0 Å². The topological polar surface area (TPSA) is 88.4 Å². The average molecular weight is 386 g/mol. The van der Waals surface area contributed by atoms with E-state index in [1.807, 2.05) is 6.92 Å². The number of anilines is 3. The van der Waals surface area contributed by atoms with E-state index in [9.17, 15) is 4.39 Å². The SMILES string of the molecule is [2H]C([2H])([2H])Oc1ncc(C)cc1Nc1cc(NC)n2ncc(C(=C)N[C@H]3C[C@H]3F)c2n1. The number of nitrogens with zero attached hydrogens (tertiary/aromatic N) is 4. The summed E-state index contributed by atoms with van der Waals surface area (Å²) < 4.78 is 42.0. The predicted molar refractivity (Wildman–Crippen MR) is 107 cm³/mol. The van der Waals surface area contributed by atoms with Gasteiger partial charge in [0.25, 0.3) is 0 Å². The second kappa shape index (κ2) is 6.99. The molecule has 9 heteroatoms. The molecular weight excluding hydrogens is 361 g/mol. The Balaban J connectivity index is 1.71. The highest BCUT2D eigenvalue weighted by Gasteiger charge is 2.38. The highest BCUT2D eigenvalue weighted by atomic mass is 19.1. The summed E-state index contributed by atoms with van der Waals surface area (Å²) in [6.45, 7) is 5.82. The van der Waals surface area contributed by atoms with Gasteiger partial charge in [-0.05, 0) is 18.6 Å². The van der Waals surface area contributed by atoms with Crippen molar-refractivity contribution in [1.82, 2.24) is 24.9 Å². The average Bonchev–Trinajstić information content (AvgIpc) is 3.20. The van der Waals surface area contributed by atoms with Gasteiger partial charge in [0.15, 0.2) is 5.65 Å². The van der Waals surface area contributed by atoms with Crippen molar-refractivity contribution >= 4 is 28.7 Å². The van der Waals surface area contributed by atoms with Crippen LogP contribution in [0, 0.1) is 6.92 Å². The van der Waals surface area contributed by atoms with E-state index in [1.54, 1.807) is 29.9 Å². The zero-order chi connectivity index (χ0) is 22.3. The van der Waals surface area contributed by atoms with Crippen LogP contribution in [0.2, 0.25) is 0 Å². The number of alkyl halides is 1. The third-order valence-electron chi connectivity index (χ3n) is 4.47. The molecule has 0 bridgehead atoms. The molecule has 0 spiro atoms. The van der Waals surface area contributed by atoms with Crippen molar-refractivity contribution in [3.8, 4) is 5.88 Å². The lowest BCUT2D eigenvalue weighted by Crippen LogP contribution is -2.16. The Hall–Kier alpha value is -3.36. The first-order valence-electron chi connectivity index (χ1n) is 10.2. The molecule has 0 amide bonds. The van der Waals surface area contributed by atoms with E-state index < -0.39 is 13.2 Å². The first-order valence-corrected chi connectivity index (χ1v) is 8.74. The van der Waals surface area contributed by atoms with Gasteiger partial charge in [-0.15, -0.1) is 0 Å². The van der Waals surface area contributed by atoms with Crippen LogP contribution in [0.3, 0.4) is 0 Å². The maximum atomic E-state index is 13.3. The van der Waals surface area contributed by atoms with Gasteiger partial charge in [0.1, 0.15) is 23.5 Å². The summed E-state index contributed by atoms with van der Waals surface area (Å²) in [6.07, 6.45) is 2.70. The summed E-state index contributed by atoms with van der Waals surface area (Å²) >= 11 is 0. The fourth-order valence-corrected chi connectivity index (χ4v) is 2.90. The molecule has 146 valence electrons. The molecule has 3 N–H and O–H groups in total. The molecule has 8 nitrogen and oxygen atoms in total. The van der Waals surface area contributed by atoms with E-state index in [0.717, 1.165) is 5.56 Å². The minimum Gasteiger partial charge on any atom is -0.480 e. The van der Waals surface area contributed by atoms with E-state index in [4.69, 9.17) is 8.85 Å². The third kappa shape index (κ3) is 3.30. The smallest absolute Gasteiger partial charge is 0.237 e. The minimum absolute atomic E-state index is 0.0687. The van der Waals surface area contributed by atoms with Gasteiger partial charge >= 0.3 is 0 Å². The molecule has 2 atom stereocenters. The molecule has 0 aliphatic heterocycles. The number of pyridine rings is 1. The van der Waals surface area contributed by atoms with E-state index in [-0.39, 0.29) is 11.9 Å². The zero-order valence-corrected chi connectivity index (χ0v) is 15.5.